The number of nitrogens with zero attached hydrogens (tertiary/aromatic N) is 2. The Morgan fingerprint density at radius 1 is 1.37 bits per heavy atom. The van der Waals surface area contributed by atoms with E-state index in [1.807, 2.05) is 31.2 Å². The first-order valence-electron chi connectivity index (χ1n) is 9.27. The summed E-state index contributed by atoms with van der Waals surface area (Å²) in [5.41, 5.74) is 11.7. The molecule has 0 saturated carbocycles. The molecule has 1 amide bonds. The molecular weight excluding hydrogens is 338 g/mol. The van der Waals surface area contributed by atoms with Crippen LogP contribution >= 0.6 is 0 Å². The van der Waals surface area contributed by atoms with Crippen LogP contribution in [0, 0.1) is 6.92 Å². The highest BCUT2D eigenvalue weighted by atomic mass is 16.1. The first-order chi connectivity index (χ1) is 13.2. The topological polar surface area (TPSA) is 96.7 Å². The van der Waals surface area contributed by atoms with Crippen molar-refractivity contribution in [3.63, 3.8) is 0 Å². The van der Waals surface area contributed by atoms with Gasteiger partial charge in [0, 0.05) is 34.8 Å². The molecule has 3 aromatic rings. The summed E-state index contributed by atoms with van der Waals surface area (Å²) in [5, 5.41) is 10.2. The summed E-state index contributed by atoms with van der Waals surface area (Å²) in [6.07, 6.45) is 6.77. The lowest BCUT2D eigenvalue weighted by atomic mass is 9.82. The molecule has 1 atom stereocenters. The van der Waals surface area contributed by atoms with Gasteiger partial charge in [-0.25, -0.2) is 0 Å². The van der Waals surface area contributed by atoms with Crippen LogP contribution in [0.4, 0.5) is 5.82 Å². The predicted molar refractivity (Wildman–Crippen MR) is 106 cm³/mol. The molecule has 1 unspecified atom stereocenters. The van der Waals surface area contributed by atoms with Crippen LogP contribution in [0.3, 0.4) is 0 Å². The maximum Gasteiger partial charge on any atom is 0.256 e. The molecular formula is C21H23N5O. The fraction of sp³-hybridized carbons (Fsp3) is 0.286. The van der Waals surface area contributed by atoms with Crippen LogP contribution in [0.1, 0.15) is 45.9 Å². The molecule has 0 fully saturated rings. The van der Waals surface area contributed by atoms with Gasteiger partial charge in [-0.2, -0.15) is 5.10 Å². The summed E-state index contributed by atoms with van der Waals surface area (Å²) in [7, 11) is 0. The van der Waals surface area contributed by atoms with Gasteiger partial charge in [0.25, 0.3) is 5.91 Å². The Morgan fingerprint density at radius 2 is 2.26 bits per heavy atom. The summed E-state index contributed by atoms with van der Waals surface area (Å²) in [5.74, 6) is 0.675. The number of rotatable bonds is 4. The zero-order valence-corrected chi connectivity index (χ0v) is 15.3. The van der Waals surface area contributed by atoms with E-state index in [0.717, 1.165) is 36.1 Å². The van der Waals surface area contributed by atoms with Crippen molar-refractivity contribution < 1.29 is 4.79 Å². The maximum absolute atomic E-state index is 12.9. The van der Waals surface area contributed by atoms with Gasteiger partial charge in [0.15, 0.2) is 5.82 Å². The van der Waals surface area contributed by atoms with Crippen LogP contribution in [0.5, 0.6) is 0 Å². The van der Waals surface area contributed by atoms with Crippen molar-refractivity contribution in [2.24, 2.45) is 5.73 Å². The minimum atomic E-state index is -0.171. The van der Waals surface area contributed by atoms with Gasteiger partial charge in [0.2, 0.25) is 0 Å². The van der Waals surface area contributed by atoms with E-state index in [1.165, 1.54) is 11.1 Å². The average molecular weight is 361 g/mol. The summed E-state index contributed by atoms with van der Waals surface area (Å²) >= 11 is 0. The van der Waals surface area contributed by atoms with Crippen molar-refractivity contribution in [3.8, 4) is 11.1 Å². The van der Waals surface area contributed by atoms with Crippen LogP contribution in [-0.4, -0.2) is 27.6 Å². The molecule has 0 saturated heterocycles. The standard InChI is InChI=1S/C21H23N5O/c1-13-19(17-6-3-9-23-12-17)20(26-25-13)24-21(27)15-8-7-14-4-2-5-16(11-22)18(14)10-15/h3,6-10,12,16H,2,4-5,11,22H2,1H3,(H2,24,25,26,27). The minimum absolute atomic E-state index is 0.171. The van der Waals surface area contributed by atoms with Gasteiger partial charge in [0.1, 0.15) is 0 Å². The Balaban J connectivity index is 1.63. The van der Waals surface area contributed by atoms with Crippen LogP contribution < -0.4 is 11.1 Å². The quantitative estimate of drug-likeness (QED) is 0.663. The van der Waals surface area contributed by atoms with Gasteiger partial charge >= 0.3 is 0 Å². The Morgan fingerprint density at radius 3 is 3.04 bits per heavy atom. The van der Waals surface area contributed by atoms with Crippen LogP contribution in [-0.2, 0) is 6.42 Å². The van der Waals surface area contributed by atoms with Gasteiger partial charge in [0.05, 0.1) is 0 Å². The third-order valence-corrected chi connectivity index (χ3v) is 5.26. The van der Waals surface area contributed by atoms with Crippen LogP contribution in [0.15, 0.2) is 42.7 Å². The number of fused-ring (bicyclic) bond motifs is 1. The first kappa shape index (κ1) is 17.4. The second-order valence-corrected chi connectivity index (χ2v) is 7.01. The lowest BCUT2D eigenvalue weighted by molar-refractivity contribution is 0.102. The summed E-state index contributed by atoms with van der Waals surface area (Å²) in [4.78, 5) is 17.0. The second kappa shape index (κ2) is 7.32. The number of aromatic nitrogens is 3. The van der Waals surface area contributed by atoms with Gasteiger partial charge in [-0.1, -0.05) is 12.1 Å². The SMILES string of the molecule is Cc1[nH]nc(NC(=O)c2ccc3c(c2)C(CN)CCC3)c1-c1cccnc1. The maximum atomic E-state index is 12.9. The zero-order chi connectivity index (χ0) is 18.8. The molecule has 4 N–H and O–H groups in total. The number of aryl methyl sites for hydroxylation is 2. The van der Waals surface area contributed by atoms with E-state index >= 15 is 0 Å². The summed E-state index contributed by atoms with van der Waals surface area (Å²) < 4.78 is 0. The number of hydrogen-bond donors (Lipinski definition) is 3. The Bertz CT molecular complexity index is 964. The molecule has 0 bridgehead atoms. The minimum Gasteiger partial charge on any atom is -0.330 e. The van der Waals surface area contributed by atoms with E-state index in [4.69, 9.17) is 5.73 Å². The molecule has 1 aromatic carbocycles. The van der Waals surface area contributed by atoms with Crippen molar-refractivity contribution in [1.82, 2.24) is 15.2 Å². The number of benzene rings is 1. The monoisotopic (exact) mass is 361 g/mol. The number of H-pyrrole nitrogens is 1. The predicted octanol–water partition coefficient (Wildman–Crippen LogP) is 3.41. The molecule has 1 aliphatic carbocycles. The zero-order valence-electron chi connectivity index (χ0n) is 15.3. The van der Waals surface area contributed by atoms with Crippen molar-refractivity contribution in [2.45, 2.75) is 32.1 Å². The van der Waals surface area contributed by atoms with Gasteiger partial charge in [-0.05, 0) is 68.0 Å². The molecule has 6 nitrogen and oxygen atoms in total. The number of aromatic amines is 1. The number of pyridine rings is 1. The fourth-order valence-electron chi connectivity index (χ4n) is 3.85. The van der Waals surface area contributed by atoms with Crippen molar-refractivity contribution in [2.75, 3.05) is 11.9 Å². The van der Waals surface area contributed by atoms with Gasteiger partial charge in [-0.15, -0.1) is 0 Å². The van der Waals surface area contributed by atoms with E-state index in [2.05, 4.69) is 26.6 Å². The number of nitrogens with one attached hydrogen (secondary N) is 2. The molecule has 2 aromatic heterocycles. The average Bonchev–Trinajstić information content (AvgIpc) is 3.07. The summed E-state index contributed by atoms with van der Waals surface area (Å²) in [6, 6.07) is 9.75. The molecule has 27 heavy (non-hydrogen) atoms. The molecule has 2 heterocycles. The van der Waals surface area contributed by atoms with E-state index in [9.17, 15) is 4.79 Å². The fourth-order valence-corrected chi connectivity index (χ4v) is 3.85. The van der Waals surface area contributed by atoms with Gasteiger partial charge in [-0.3, -0.25) is 14.9 Å². The van der Waals surface area contributed by atoms with Gasteiger partial charge < -0.3 is 11.1 Å². The van der Waals surface area contributed by atoms with Crippen molar-refractivity contribution >= 4 is 11.7 Å². The lowest BCUT2D eigenvalue weighted by Gasteiger charge is -2.24. The number of amides is 1. The number of hydrogen-bond acceptors (Lipinski definition) is 4. The molecule has 0 aliphatic heterocycles. The number of anilines is 1. The van der Waals surface area contributed by atoms with E-state index in [1.54, 1.807) is 12.4 Å². The van der Waals surface area contributed by atoms with E-state index in [0.29, 0.717) is 23.8 Å². The highest BCUT2D eigenvalue weighted by Gasteiger charge is 2.21. The van der Waals surface area contributed by atoms with Crippen LogP contribution in [0.25, 0.3) is 11.1 Å². The number of nitrogens with two attached hydrogens (primary N) is 1. The molecule has 138 valence electrons. The molecule has 4 rings (SSSR count). The Hall–Kier alpha value is -2.99. The first-order valence-corrected chi connectivity index (χ1v) is 9.27. The number of carbonyl (C=O) groups is 1. The summed E-state index contributed by atoms with van der Waals surface area (Å²) in [6.45, 7) is 2.54. The highest BCUT2D eigenvalue weighted by molar-refractivity contribution is 6.05. The third-order valence-electron chi connectivity index (χ3n) is 5.26. The normalized spacial score (nSPS) is 16.0. The lowest BCUT2D eigenvalue weighted by Crippen LogP contribution is -2.20. The Labute approximate surface area is 158 Å². The number of carbonyl (C=O) groups excluding carboxylic acids is 1. The molecule has 0 spiro atoms. The molecule has 1 aliphatic rings. The highest BCUT2D eigenvalue weighted by Crippen LogP contribution is 2.32. The molecule has 6 heteroatoms. The smallest absolute Gasteiger partial charge is 0.256 e. The van der Waals surface area contributed by atoms with Crippen LogP contribution in [0.2, 0.25) is 0 Å². The van der Waals surface area contributed by atoms with Crippen molar-refractivity contribution in [3.05, 3.63) is 65.1 Å². The third kappa shape index (κ3) is 3.36. The molecule has 0 radical (unpaired) electrons. The largest absolute Gasteiger partial charge is 0.330 e. The second-order valence-electron chi connectivity index (χ2n) is 7.01. The van der Waals surface area contributed by atoms with E-state index in [-0.39, 0.29) is 5.91 Å². The van der Waals surface area contributed by atoms with E-state index < -0.39 is 0 Å². The van der Waals surface area contributed by atoms with Crippen molar-refractivity contribution in [1.29, 1.82) is 0 Å². The Kier molecular flexibility index (Phi) is 4.73.